The molecule has 6 nitrogen and oxygen atoms in total. The van der Waals surface area contributed by atoms with Crippen molar-refractivity contribution in [3.05, 3.63) is 40.2 Å². The van der Waals surface area contributed by atoms with Gasteiger partial charge in [-0.05, 0) is 69.5 Å². The molecule has 180 valence electrons. The lowest BCUT2D eigenvalue weighted by Crippen LogP contribution is -2.39. The Hall–Kier alpha value is -2.13. The Morgan fingerprint density at radius 1 is 1.30 bits per heavy atom. The smallest absolute Gasteiger partial charge is 0.273 e. The van der Waals surface area contributed by atoms with E-state index in [1.54, 1.807) is 6.20 Å². The number of amides is 1. The predicted octanol–water partition coefficient (Wildman–Crippen LogP) is 4.16. The molecule has 0 bridgehead atoms. The van der Waals surface area contributed by atoms with Crippen molar-refractivity contribution < 1.29 is 18.3 Å². The molecule has 1 N–H and O–H groups in total. The minimum absolute atomic E-state index is 0.0772. The van der Waals surface area contributed by atoms with Gasteiger partial charge >= 0.3 is 0 Å². The highest BCUT2D eigenvalue weighted by atomic mass is 32.1. The monoisotopic (exact) mass is 478 g/mol. The van der Waals surface area contributed by atoms with Crippen molar-refractivity contribution in [3.8, 4) is 5.19 Å². The molecule has 0 aromatic carbocycles. The number of halogens is 2. The molecule has 1 aliphatic heterocycles. The third-order valence-electron chi connectivity index (χ3n) is 6.52. The molecule has 1 saturated carbocycles. The fourth-order valence-electron chi connectivity index (χ4n) is 4.64. The second kappa shape index (κ2) is 11.3. The Kier molecular flexibility index (Phi) is 8.25. The quantitative estimate of drug-likeness (QED) is 0.586. The zero-order valence-corrected chi connectivity index (χ0v) is 19.9. The van der Waals surface area contributed by atoms with Crippen molar-refractivity contribution in [3.63, 3.8) is 0 Å². The number of pyridine rings is 1. The van der Waals surface area contributed by atoms with E-state index in [9.17, 15) is 13.6 Å². The summed E-state index contributed by atoms with van der Waals surface area (Å²) < 4.78 is 29.8. The van der Waals surface area contributed by atoms with Crippen LogP contribution < -0.4 is 10.1 Å². The van der Waals surface area contributed by atoms with Gasteiger partial charge in [0.05, 0.1) is 12.1 Å². The summed E-state index contributed by atoms with van der Waals surface area (Å²) in [7, 11) is 0. The molecular weight excluding hydrogens is 446 g/mol. The molecule has 2 aromatic rings. The molecule has 2 aromatic heterocycles. The van der Waals surface area contributed by atoms with Gasteiger partial charge < -0.3 is 10.1 Å². The van der Waals surface area contributed by atoms with Crippen LogP contribution in [0.1, 0.15) is 53.9 Å². The van der Waals surface area contributed by atoms with E-state index in [-0.39, 0.29) is 11.9 Å². The number of ether oxygens (including phenoxy) is 1. The minimum atomic E-state index is -2.48. The first-order valence-corrected chi connectivity index (χ1v) is 12.6. The molecule has 3 heterocycles. The number of fused-ring (bicyclic) bond motifs is 1. The minimum Gasteiger partial charge on any atom is -0.464 e. The van der Waals surface area contributed by atoms with E-state index in [0.717, 1.165) is 80.0 Å². The van der Waals surface area contributed by atoms with Crippen LogP contribution in [0, 0.1) is 12.8 Å². The Bertz CT molecular complexity index is 914. The Morgan fingerprint density at radius 2 is 2.12 bits per heavy atom. The van der Waals surface area contributed by atoms with Gasteiger partial charge in [-0.25, -0.2) is 13.8 Å². The highest BCUT2D eigenvalue weighted by Gasteiger charge is 2.25. The van der Waals surface area contributed by atoms with Crippen LogP contribution in [0.3, 0.4) is 0 Å². The molecule has 1 fully saturated rings. The highest BCUT2D eigenvalue weighted by molar-refractivity contribution is 7.13. The van der Waals surface area contributed by atoms with Crippen LogP contribution in [0.4, 0.5) is 8.78 Å². The van der Waals surface area contributed by atoms with E-state index < -0.39 is 13.0 Å². The van der Waals surface area contributed by atoms with E-state index in [1.807, 2.05) is 19.1 Å². The van der Waals surface area contributed by atoms with E-state index in [0.29, 0.717) is 17.5 Å². The molecular formula is C24H32F2N4O2S. The summed E-state index contributed by atoms with van der Waals surface area (Å²) in [6, 6.07) is 4.17. The number of carbonyl (C=O) groups is 1. The van der Waals surface area contributed by atoms with E-state index in [2.05, 4.69) is 20.2 Å². The number of rotatable bonds is 9. The fraction of sp³-hybridized carbons (Fsp3) is 0.625. The van der Waals surface area contributed by atoms with E-state index in [1.165, 1.54) is 11.3 Å². The molecule has 1 aliphatic carbocycles. The zero-order valence-electron chi connectivity index (χ0n) is 19.1. The van der Waals surface area contributed by atoms with Crippen LogP contribution >= 0.6 is 11.3 Å². The van der Waals surface area contributed by atoms with Gasteiger partial charge in [0, 0.05) is 35.9 Å². The summed E-state index contributed by atoms with van der Waals surface area (Å²) in [5, 5.41) is 3.56. The predicted molar refractivity (Wildman–Crippen MR) is 124 cm³/mol. The van der Waals surface area contributed by atoms with Gasteiger partial charge in [-0.2, -0.15) is 0 Å². The Balaban J connectivity index is 1.14. The lowest BCUT2D eigenvalue weighted by molar-refractivity contribution is -0.121. The summed E-state index contributed by atoms with van der Waals surface area (Å²) in [5.74, 6) is 0.759. The average Bonchev–Trinajstić information content (AvgIpc) is 3.21. The number of aryl methyl sites for hydroxylation is 1. The maximum Gasteiger partial charge on any atom is 0.273 e. The second-order valence-electron chi connectivity index (χ2n) is 9.14. The first kappa shape index (κ1) is 24.0. The molecule has 0 radical (unpaired) electrons. The van der Waals surface area contributed by atoms with Crippen LogP contribution in [-0.4, -0.2) is 52.9 Å². The number of nitrogens with one attached hydrogen (secondary N) is 1. The van der Waals surface area contributed by atoms with Crippen LogP contribution in [0.25, 0.3) is 0 Å². The van der Waals surface area contributed by atoms with Crippen LogP contribution in [-0.2, 0) is 24.2 Å². The van der Waals surface area contributed by atoms with Crippen LogP contribution in [0.2, 0.25) is 0 Å². The Labute approximate surface area is 197 Å². The molecule has 1 amide bonds. The molecule has 9 heteroatoms. The fourth-order valence-corrected chi connectivity index (χ4v) is 5.56. The third-order valence-corrected chi connectivity index (χ3v) is 7.59. The summed E-state index contributed by atoms with van der Waals surface area (Å²) in [5.41, 5.74) is 2.88. The number of carbonyl (C=O) groups excluding carboxylic acids is 1. The number of hydrogen-bond donors (Lipinski definition) is 1. The van der Waals surface area contributed by atoms with Crippen LogP contribution in [0.15, 0.2) is 18.3 Å². The van der Waals surface area contributed by atoms with Gasteiger partial charge in [-0.1, -0.05) is 17.4 Å². The van der Waals surface area contributed by atoms with Gasteiger partial charge in [0.2, 0.25) is 5.91 Å². The molecule has 0 saturated heterocycles. The molecule has 2 aliphatic rings. The molecule has 0 spiro atoms. The number of aromatic nitrogens is 2. The highest BCUT2D eigenvalue weighted by Crippen LogP contribution is 2.31. The maximum absolute atomic E-state index is 12.4. The van der Waals surface area contributed by atoms with Crippen molar-refractivity contribution in [2.24, 2.45) is 5.92 Å². The van der Waals surface area contributed by atoms with Crippen molar-refractivity contribution in [2.45, 2.75) is 70.9 Å². The SMILES string of the molecule is Cc1ccc(CC(=O)N[C@H]2CC[C@H](CCN3CCc4sc(OCC(F)F)nc4C3)CC2)cn1. The van der Waals surface area contributed by atoms with Crippen molar-refractivity contribution >= 4 is 17.2 Å². The van der Waals surface area contributed by atoms with E-state index in [4.69, 9.17) is 4.74 Å². The Morgan fingerprint density at radius 3 is 2.85 bits per heavy atom. The zero-order chi connectivity index (χ0) is 23.2. The summed E-state index contributed by atoms with van der Waals surface area (Å²) in [6.07, 6.45) is 6.07. The van der Waals surface area contributed by atoms with Crippen molar-refractivity contribution in [1.29, 1.82) is 0 Å². The topological polar surface area (TPSA) is 67.4 Å². The second-order valence-corrected chi connectivity index (χ2v) is 10.2. The van der Waals surface area contributed by atoms with Gasteiger partial charge in [0.1, 0.15) is 0 Å². The number of thiazole rings is 1. The van der Waals surface area contributed by atoms with Crippen molar-refractivity contribution in [2.75, 3.05) is 19.7 Å². The molecule has 33 heavy (non-hydrogen) atoms. The largest absolute Gasteiger partial charge is 0.464 e. The summed E-state index contributed by atoms with van der Waals surface area (Å²) >= 11 is 1.40. The van der Waals surface area contributed by atoms with E-state index >= 15 is 0 Å². The van der Waals surface area contributed by atoms with Gasteiger partial charge in [-0.3, -0.25) is 14.7 Å². The first-order chi connectivity index (χ1) is 15.9. The van der Waals surface area contributed by atoms with Gasteiger partial charge in [0.25, 0.3) is 11.6 Å². The van der Waals surface area contributed by atoms with Gasteiger partial charge in [-0.15, -0.1) is 0 Å². The first-order valence-electron chi connectivity index (χ1n) is 11.8. The summed E-state index contributed by atoms with van der Waals surface area (Å²) in [6.45, 7) is 4.11. The van der Waals surface area contributed by atoms with Crippen LogP contribution in [0.5, 0.6) is 5.19 Å². The summed E-state index contributed by atoms with van der Waals surface area (Å²) in [4.78, 5) is 24.6. The lowest BCUT2D eigenvalue weighted by Gasteiger charge is -2.32. The average molecular weight is 479 g/mol. The third kappa shape index (κ3) is 7.17. The molecule has 4 rings (SSSR count). The number of hydrogen-bond acceptors (Lipinski definition) is 6. The molecule has 0 atom stereocenters. The van der Waals surface area contributed by atoms with Gasteiger partial charge in [0.15, 0.2) is 6.61 Å². The maximum atomic E-state index is 12.4. The number of alkyl halides is 2. The number of nitrogens with zero attached hydrogens (tertiary/aromatic N) is 3. The standard InChI is InChI=1S/C24H32F2N4O2S/c1-16-2-3-18(13-27-16)12-23(31)28-19-6-4-17(5-7-19)8-10-30-11-9-21-20(14-30)29-24(33-21)32-15-22(25)26/h2-3,13,17,19,22H,4-12,14-15H2,1H3,(H,28,31)/t17-,19-. The van der Waals surface area contributed by atoms with Crippen molar-refractivity contribution in [1.82, 2.24) is 20.2 Å². The normalized spacial score (nSPS) is 21.1. The molecule has 0 unspecified atom stereocenters. The lowest BCUT2D eigenvalue weighted by atomic mass is 9.84.